The molecule has 0 bridgehead atoms. The van der Waals surface area contributed by atoms with Gasteiger partial charge in [-0.3, -0.25) is 4.79 Å². The van der Waals surface area contributed by atoms with Crippen LogP contribution in [0, 0.1) is 0 Å². The number of hydrogen-bond donors (Lipinski definition) is 0. The van der Waals surface area contributed by atoms with Crippen LogP contribution >= 0.6 is 11.6 Å². The van der Waals surface area contributed by atoms with E-state index in [1.54, 1.807) is 6.92 Å². The zero-order valence-electron chi connectivity index (χ0n) is 3.49. The molecule has 0 radical (unpaired) electrons. The Hall–Kier alpha value is -0.0800. The van der Waals surface area contributed by atoms with Crippen LogP contribution in [0.5, 0.6) is 0 Å². The Morgan fingerprint density at radius 2 is 2.00 bits per heavy atom. The van der Waals surface area contributed by atoms with Gasteiger partial charge in [-0.1, -0.05) is 6.92 Å². The van der Waals surface area contributed by atoms with E-state index in [0.717, 1.165) is 0 Å². The van der Waals surface area contributed by atoms with Crippen LogP contribution in [0.3, 0.4) is 0 Å². The summed E-state index contributed by atoms with van der Waals surface area (Å²) in [6.07, 6.45) is 0.432. The molecule has 0 aromatic rings. The smallest absolute Gasteiger partial charge is 0.221 e. The lowest BCUT2D eigenvalue weighted by Crippen LogP contribution is -1.74. The first kappa shape index (κ1) is 9.33. The first-order valence-electron chi connectivity index (χ1n) is 1.45. The van der Waals surface area contributed by atoms with Gasteiger partial charge in [0.05, 0.1) is 0 Å². The topological polar surface area (TPSA) is 48.6 Å². The molecule has 3 heteroatoms. The molecule has 0 unspecified atom stereocenters. The average molecular weight is 111 g/mol. The third kappa shape index (κ3) is 9.07. The van der Waals surface area contributed by atoms with E-state index < -0.39 is 0 Å². The lowest BCUT2D eigenvalue weighted by molar-refractivity contribution is -0.111. The van der Waals surface area contributed by atoms with Crippen LogP contribution in [0.4, 0.5) is 0 Å². The Labute approximate surface area is 41.4 Å². The van der Waals surface area contributed by atoms with Crippen molar-refractivity contribution in [1.29, 1.82) is 0 Å². The standard InChI is InChI=1S/C3H5ClO.H2O/c1-2-3(4)5;/h2H2,1H3;1H2. The average Bonchev–Trinajstić information content (AvgIpc) is 1.38. The molecule has 0 fully saturated rings. The second kappa shape index (κ2) is 4.92. The van der Waals surface area contributed by atoms with Crippen molar-refractivity contribution in [3.8, 4) is 0 Å². The van der Waals surface area contributed by atoms with Crippen LogP contribution in [-0.2, 0) is 4.79 Å². The highest BCUT2D eigenvalue weighted by molar-refractivity contribution is 6.63. The fourth-order valence-corrected chi connectivity index (χ4v) is 0. The van der Waals surface area contributed by atoms with Gasteiger partial charge in [0.25, 0.3) is 0 Å². The van der Waals surface area contributed by atoms with Crippen molar-refractivity contribution < 1.29 is 10.3 Å². The van der Waals surface area contributed by atoms with Crippen molar-refractivity contribution in [1.82, 2.24) is 0 Å². The third-order valence-corrected chi connectivity index (χ3v) is 0.545. The van der Waals surface area contributed by atoms with Crippen LogP contribution < -0.4 is 0 Å². The zero-order valence-corrected chi connectivity index (χ0v) is 4.25. The second-order valence-corrected chi connectivity index (χ2v) is 1.13. The summed E-state index contributed by atoms with van der Waals surface area (Å²) in [6.45, 7) is 1.72. The zero-order chi connectivity index (χ0) is 4.28. The Morgan fingerprint density at radius 1 is 1.83 bits per heavy atom. The van der Waals surface area contributed by atoms with Gasteiger partial charge in [-0.05, 0) is 11.6 Å². The molecule has 0 aliphatic heterocycles. The molecule has 0 aromatic heterocycles. The largest absolute Gasteiger partial charge is 0.412 e. The molecule has 0 saturated heterocycles. The molecule has 0 atom stereocenters. The van der Waals surface area contributed by atoms with Gasteiger partial charge in [-0.15, -0.1) is 0 Å². The molecule has 0 aliphatic rings. The van der Waals surface area contributed by atoms with Gasteiger partial charge in [-0.2, -0.15) is 0 Å². The van der Waals surface area contributed by atoms with Crippen molar-refractivity contribution in [3.05, 3.63) is 0 Å². The number of rotatable bonds is 1. The first-order valence-corrected chi connectivity index (χ1v) is 1.83. The summed E-state index contributed by atoms with van der Waals surface area (Å²) in [5.41, 5.74) is 0. The quantitative estimate of drug-likeness (QED) is 0.449. The van der Waals surface area contributed by atoms with Gasteiger partial charge in [0.2, 0.25) is 5.24 Å². The number of carbonyl (C=O) groups excluding carboxylic acids is 1. The van der Waals surface area contributed by atoms with Gasteiger partial charge in [0.1, 0.15) is 0 Å². The van der Waals surface area contributed by atoms with Crippen LogP contribution in [0.1, 0.15) is 13.3 Å². The molecule has 0 aromatic carbocycles. The number of hydrogen-bond acceptors (Lipinski definition) is 1. The summed E-state index contributed by atoms with van der Waals surface area (Å²) >= 11 is 4.82. The van der Waals surface area contributed by atoms with Crippen molar-refractivity contribution in [3.63, 3.8) is 0 Å². The number of carbonyl (C=O) groups is 1. The van der Waals surface area contributed by atoms with E-state index in [1.807, 2.05) is 0 Å². The van der Waals surface area contributed by atoms with Gasteiger partial charge in [0.15, 0.2) is 0 Å². The minimum atomic E-state index is -0.273. The fraction of sp³-hybridized carbons (Fsp3) is 0.667. The minimum Gasteiger partial charge on any atom is -0.412 e. The molecule has 0 saturated carbocycles. The molecule has 0 spiro atoms. The van der Waals surface area contributed by atoms with Crippen molar-refractivity contribution in [2.24, 2.45) is 0 Å². The van der Waals surface area contributed by atoms with Crippen LogP contribution in [0.2, 0.25) is 0 Å². The maximum Gasteiger partial charge on any atom is 0.221 e. The van der Waals surface area contributed by atoms with Crippen LogP contribution in [-0.4, -0.2) is 10.7 Å². The Balaban J connectivity index is 0. The van der Waals surface area contributed by atoms with Crippen molar-refractivity contribution in [2.45, 2.75) is 13.3 Å². The third-order valence-electron chi connectivity index (χ3n) is 0.278. The Kier molecular flexibility index (Phi) is 7.65. The van der Waals surface area contributed by atoms with E-state index in [-0.39, 0.29) is 10.7 Å². The molecular weight excluding hydrogens is 103 g/mol. The van der Waals surface area contributed by atoms with Crippen molar-refractivity contribution >= 4 is 16.8 Å². The summed E-state index contributed by atoms with van der Waals surface area (Å²) in [4.78, 5) is 9.58. The van der Waals surface area contributed by atoms with Gasteiger partial charge >= 0.3 is 0 Å². The second-order valence-electron chi connectivity index (χ2n) is 0.709. The first-order chi connectivity index (χ1) is 2.27. The predicted octanol–water partition coefficient (Wildman–Crippen LogP) is 0.337. The molecule has 6 heavy (non-hydrogen) atoms. The van der Waals surface area contributed by atoms with Gasteiger partial charge < -0.3 is 5.48 Å². The fourth-order valence-electron chi connectivity index (χ4n) is 0. The summed E-state index contributed by atoms with van der Waals surface area (Å²) < 4.78 is 0. The SMILES string of the molecule is CCC(=O)Cl.O. The molecule has 38 valence electrons. The number of halogens is 1. The minimum absolute atomic E-state index is 0. The Bertz CT molecular complexity index is 44.1. The van der Waals surface area contributed by atoms with E-state index in [1.165, 1.54) is 0 Å². The molecule has 0 heterocycles. The molecule has 2 nitrogen and oxygen atoms in total. The summed E-state index contributed by atoms with van der Waals surface area (Å²) in [5, 5.41) is -0.273. The molecular formula is C3H7ClO2. The molecule has 0 rings (SSSR count). The highest BCUT2D eigenvalue weighted by atomic mass is 35.5. The van der Waals surface area contributed by atoms with Crippen LogP contribution in [0.25, 0.3) is 0 Å². The molecule has 2 N–H and O–H groups in total. The normalized spacial score (nSPS) is 6.33. The Morgan fingerprint density at radius 3 is 2.00 bits per heavy atom. The van der Waals surface area contributed by atoms with E-state index in [0.29, 0.717) is 6.42 Å². The van der Waals surface area contributed by atoms with E-state index in [2.05, 4.69) is 0 Å². The van der Waals surface area contributed by atoms with Crippen molar-refractivity contribution in [2.75, 3.05) is 0 Å². The van der Waals surface area contributed by atoms with Crippen LogP contribution in [0.15, 0.2) is 0 Å². The van der Waals surface area contributed by atoms with E-state index in [9.17, 15) is 4.79 Å². The summed E-state index contributed by atoms with van der Waals surface area (Å²) in [7, 11) is 0. The van der Waals surface area contributed by atoms with Gasteiger partial charge in [0, 0.05) is 6.42 Å². The predicted molar refractivity (Wildman–Crippen MR) is 24.8 cm³/mol. The summed E-state index contributed by atoms with van der Waals surface area (Å²) in [6, 6.07) is 0. The maximum atomic E-state index is 9.58. The maximum absolute atomic E-state index is 9.58. The highest BCUT2D eigenvalue weighted by Crippen LogP contribution is 1.81. The monoisotopic (exact) mass is 110 g/mol. The lowest BCUT2D eigenvalue weighted by Gasteiger charge is -1.68. The molecule has 0 amide bonds. The summed E-state index contributed by atoms with van der Waals surface area (Å²) in [5.74, 6) is 0. The lowest BCUT2D eigenvalue weighted by atomic mass is 10.6. The van der Waals surface area contributed by atoms with E-state index >= 15 is 0 Å². The highest BCUT2D eigenvalue weighted by Gasteiger charge is 1.81. The van der Waals surface area contributed by atoms with Gasteiger partial charge in [-0.25, -0.2) is 0 Å². The van der Waals surface area contributed by atoms with E-state index in [4.69, 9.17) is 11.6 Å². The molecule has 0 aliphatic carbocycles.